The number of hydrogen-bond acceptors (Lipinski definition) is 7. The van der Waals surface area contributed by atoms with Gasteiger partial charge in [-0.05, 0) is 44.7 Å². The molecule has 2 aromatic rings. The Bertz CT molecular complexity index is 755. The van der Waals surface area contributed by atoms with Crippen molar-refractivity contribution in [3.05, 3.63) is 30.2 Å². The molecular formula is C21H28N2O5. The van der Waals surface area contributed by atoms with Crippen molar-refractivity contribution in [3.63, 3.8) is 0 Å². The molecule has 7 nitrogen and oxygen atoms in total. The molecule has 0 N–H and O–H groups in total. The van der Waals surface area contributed by atoms with E-state index in [4.69, 9.17) is 18.7 Å². The zero-order valence-corrected chi connectivity index (χ0v) is 16.6. The molecule has 1 saturated heterocycles. The molecule has 1 aromatic heterocycles. The summed E-state index contributed by atoms with van der Waals surface area (Å²) in [6.45, 7) is 4.96. The number of nitrogens with zero attached hydrogens (tertiary/aromatic N) is 2. The number of hydrogen-bond donors (Lipinski definition) is 0. The first-order valence-electron chi connectivity index (χ1n) is 10.0. The van der Waals surface area contributed by atoms with E-state index in [-0.39, 0.29) is 6.10 Å². The molecule has 0 bridgehead atoms. The summed E-state index contributed by atoms with van der Waals surface area (Å²) in [5.74, 6) is 1.09. The number of carbonyl (C=O) groups excluding carboxylic acids is 1. The van der Waals surface area contributed by atoms with Crippen LogP contribution in [0, 0.1) is 0 Å². The lowest BCUT2D eigenvalue weighted by atomic mass is 10.1. The Balaban J connectivity index is 1.54. The monoisotopic (exact) mass is 388 g/mol. The Labute approximate surface area is 165 Å². The molecular weight excluding hydrogens is 360 g/mol. The molecule has 0 aliphatic carbocycles. The molecule has 0 radical (unpaired) electrons. The fraction of sp³-hybridized carbons (Fsp3) is 0.571. The lowest BCUT2D eigenvalue weighted by Crippen LogP contribution is -2.31. The molecule has 0 spiro atoms. The molecule has 2 heterocycles. The number of carbonyl (C=O) groups is 1. The van der Waals surface area contributed by atoms with E-state index in [1.54, 1.807) is 25.1 Å². The van der Waals surface area contributed by atoms with Gasteiger partial charge in [-0.1, -0.05) is 30.6 Å². The summed E-state index contributed by atoms with van der Waals surface area (Å²) in [6, 6.07) is 7.09. The van der Waals surface area contributed by atoms with Crippen LogP contribution in [0.4, 0.5) is 0 Å². The standard InChI is InChI=1S/C21H28N2O5/c1-3-4-11-19-22-20(23-28-19)16-8-7-10-17(13-16)27-21(24)15(2)26-14-18-9-5-6-12-25-18/h7-8,10,13,15,18H,3-6,9,11-12,14H2,1-2H3. The molecule has 0 saturated carbocycles. The number of ether oxygens (including phenoxy) is 3. The average molecular weight is 388 g/mol. The van der Waals surface area contributed by atoms with Crippen LogP contribution >= 0.6 is 0 Å². The van der Waals surface area contributed by atoms with Gasteiger partial charge in [0, 0.05) is 18.6 Å². The van der Waals surface area contributed by atoms with Crippen molar-refractivity contribution in [1.82, 2.24) is 10.1 Å². The second kappa shape index (κ2) is 10.3. The van der Waals surface area contributed by atoms with Gasteiger partial charge in [-0.2, -0.15) is 4.98 Å². The zero-order chi connectivity index (χ0) is 19.8. The van der Waals surface area contributed by atoms with Gasteiger partial charge in [0.2, 0.25) is 11.7 Å². The number of esters is 1. The zero-order valence-electron chi connectivity index (χ0n) is 16.6. The van der Waals surface area contributed by atoms with Crippen LogP contribution in [-0.4, -0.2) is 41.5 Å². The minimum absolute atomic E-state index is 0.0625. The first kappa shape index (κ1) is 20.5. The lowest BCUT2D eigenvalue weighted by Gasteiger charge is -2.23. The normalized spacial score (nSPS) is 18.0. The van der Waals surface area contributed by atoms with Crippen LogP contribution < -0.4 is 4.74 Å². The quantitative estimate of drug-likeness (QED) is 0.475. The number of aromatic nitrogens is 2. The molecule has 1 aromatic carbocycles. The van der Waals surface area contributed by atoms with Gasteiger partial charge in [0.15, 0.2) is 6.10 Å². The van der Waals surface area contributed by atoms with E-state index >= 15 is 0 Å². The van der Waals surface area contributed by atoms with Crippen molar-refractivity contribution in [3.8, 4) is 17.1 Å². The van der Waals surface area contributed by atoms with Crippen LogP contribution in [0.1, 0.15) is 51.8 Å². The molecule has 1 aliphatic heterocycles. The fourth-order valence-electron chi connectivity index (χ4n) is 2.96. The summed E-state index contributed by atoms with van der Waals surface area (Å²) in [5, 5.41) is 4.01. The molecule has 0 amide bonds. The van der Waals surface area contributed by atoms with Crippen molar-refractivity contribution in [1.29, 1.82) is 0 Å². The summed E-state index contributed by atoms with van der Waals surface area (Å²) in [5.41, 5.74) is 0.737. The summed E-state index contributed by atoms with van der Waals surface area (Å²) in [7, 11) is 0. The average Bonchev–Trinajstić information content (AvgIpc) is 3.20. The fourth-order valence-corrected chi connectivity index (χ4v) is 2.96. The molecule has 1 aliphatic rings. The number of benzene rings is 1. The van der Waals surface area contributed by atoms with E-state index in [9.17, 15) is 4.79 Å². The third-order valence-electron chi connectivity index (χ3n) is 4.66. The smallest absolute Gasteiger partial charge is 0.340 e. The van der Waals surface area contributed by atoms with Crippen LogP contribution in [0.2, 0.25) is 0 Å². The Morgan fingerprint density at radius 3 is 3.04 bits per heavy atom. The predicted octanol–water partition coefficient (Wildman–Crippen LogP) is 3.96. The first-order chi connectivity index (χ1) is 13.7. The van der Waals surface area contributed by atoms with Crippen molar-refractivity contribution in [2.24, 2.45) is 0 Å². The minimum atomic E-state index is -0.667. The lowest BCUT2D eigenvalue weighted by molar-refractivity contribution is -0.149. The van der Waals surface area contributed by atoms with Gasteiger partial charge in [-0.25, -0.2) is 4.79 Å². The number of rotatable bonds is 9. The van der Waals surface area contributed by atoms with Gasteiger partial charge in [0.25, 0.3) is 0 Å². The van der Waals surface area contributed by atoms with Gasteiger partial charge < -0.3 is 18.7 Å². The number of unbranched alkanes of at least 4 members (excludes halogenated alkanes) is 1. The maximum Gasteiger partial charge on any atom is 0.340 e. The third kappa shape index (κ3) is 5.87. The van der Waals surface area contributed by atoms with Crippen molar-refractivity contribution in [2.45, 2.75) is 64.6 Å². The van der Waals surface area contributed by atoms with E-state index in [0.717, 1.165) is 50.7 Å². The van der Waals surface area contributed by atoms with E-state index in [1.165, 1.54) is 0 Å². The Hall–Kier alpha value is -2.25. The molecule has 7 heteroatoms. The molecule has 3 rings (SSSR count). The van der Waals surface area contributed by atoms with Crippen LogP contribution in [-0.2, 0) is 20.7 Å². The second-order valence-corrected chi connectivity index (χ2v) is 7.03. The summed E-state index contributed by atoms with van der Waals surface area (Å²) in [6.07, 6.45) is 5.42. The molecule has 1 fully saturated rings. The van der Waals surface area contributed by atoms with Gasteiger partial charge in [0.05, 0.1) is 12.7 Å². The second-order valence-electron chi connectivity index (χ2n) is 7.03. The molecule has 2 unspecified atom stereocenters. The van der Waals surface area contributed by atoms with E-state index in [0.29, 0.717) is 24.1 Å². The van der Waals surface area contributed by atoms with Gasteiger partial charge in [0.1, 0.15) is 5.75 Å². The van der Waals surface area contributed by atoms with Crippen LogP contribution in [0.25, 0.3) is 11.4 Å². The van der Waals surface area contributed by atoms with Crippen LogP contribution in [0.3, 0.4) is 0 Å². The van der Waals surface area contributed by atoms with Gasteiger partial charge in [-0.15, -0.1) is 0 Å². The topological polar surface area (TPSA) is 83.7 Å². The SMILES string of the molecule is CCCCc1nc(-c2cccc(OC(=O)C(C)OCC3CCCCO3)c2)no1. The van der Waals surface area contributed by atoms with E-state index in [2.05, 4.69) is 17.1 Å². The van der Waals surface area contributed by atoms with Crippen molar-refractivity contribution >= 4 is 5.97 Å². The van der Waals surface area contributed by atoms with Crippen LogP contribution in [0.5, 0.6) is 5.75 Å². The van der Waals surface area contributed by atoms with Crippen molar-refractivity contribution < 1.29 is 23.5 Å². The maximum atomic E-state index is 12.3. The molecule has 28 heavy (non-hydrogen) atoms. The minimum Gasteiger partial charge on any atom is -0.425 e. The molecule has 152 valence electrons. The summed E-state index contributed by atoms with van der Waals surface area (Å²) < 4.78 is 22.0. The summed E-state index contributed by atoms with van der Waals surface area (Å²) >= 11 is 0. The number of aryl methyl sites for hydroxylation is 1. The largest absolute Gasteiger partial charge is 0.425 e. The van der Waals surface area contributed by atoms with Crippen LogP contribution in [0.15, 0.2) is 28.8 Å². The maximum absolute atomic E-state index is 12.3. The Morgan fingerprint density at radius 1 is 1.36 bits per heavy atom. The third-order valence-corrected chi connectivity index (χ3v) is 4.66. The Morgan fingerprint density at radius 2 is 2.25 bits per heavy atom. The molecule has 2 atom stereocenters. The van der Waals surface area contributed by atoms with Gasteiger partial charge in [-0.3, -0.25) is 0 Å². The summed E-state index contributed by atoms with van der Waals surface area (Å²) in [4.78, 5) is 16.7. The predicted molar refractivity (Wildman–Crippen MR) is 103 cm³/mol. The van der Waals surface area contributed by atoms with E-state index in [1.807, 2.05) is 6.07 Å². The van der Waals surface area contributed by atoms with Crippen molar-refractivity contribution in [2.75, 3.05) is 13.2 Å². The highest BCUT2D eigenvalue weighted by atomic mass is 16.6. The highest BCUT2D eigenvalue weighted by Gasteiger charge is 2.20. The van der Waals surface area contributed by atoms with E-state index < -0.39 is 12.1 Å². The highest BCUT2D eigenvalue weighted by molar-refractivity contribution is 5.77. The highest BCUT2D eigenvalue weighted by Crippen LogP contribution is 2.22. The Kier molecular flexibility index (Phi) is 7.56. The van der Waals surface area contributed by atoms with Gasteiger partial charge >= 0.3 is 5.97 Å². The first-order valence-corrected chi connectivity index (χ1v) is 10.0.